The Morgan fingerprint density at radius 2 is 2.00 bits per heavy atom. The first kappa shape index (κ1) is 15.9. The number of ether oxygens (including phenoxy) is 3. The predicted octanol–water partition coefficient (Wildman–Crippen LogP) is 1.06. The molecule has 6 nitrogen and oxygen atoms in total. The second kappa shape index (κ2) is 6.98. The zero-order valence-corrected chi connectivity index (χ0v) is 12.6. The molecule has 0 saturated carbocycles. The summed E-state index contributed by atoms with van der Waals surface area (Å²) in [6.45, 7) is 5.39. The monoisotopic (exact) mass is 297 g/mol. The number of nitrogens with one attached hydrogen (secondary N) is 1. The van der Waals surface area contributed by atoms with Crippen molar-refractivity contribution >= 4 is 0 Å². The molecule has 0 saturated heterocycles. The van der Waals surface area contributed by atoms with Crippen molar-refractivity contribution in [2.24, 2.45) is 5.92 Å². The number of aliphatic hydroxyl groups excluding tert-OH is 2. The molecule has 0 unspecified atom stereocenters. The van der Waals surface area contributed by atoms with Crippen molar-refractivity contribution < 1.29 is 24.4 Å². The molecule has 0 aliphatic carbocycles. The number of methoxy groups -OCH3 is 1. The molecule has 6 heteroatoms. The molecule has 0 bridgehead atoms. The Morgan fingerprint density at radius 1 is 1.24 bits per heavy atom. The van der Waals surface area contributed by atoms with Crippen molar-refractivity contribution in [2.75, 3.05) is 27.0 Å². The maximum Gasteiger partial charge on any atom is 0.231 e. The lowest BCUT2D eigenvalue weighted by Crippen LogP contribution is -2.33. The highest BCUT2D eigenvalue weighted by atomic mass is 16.7. The highest BCUT2D eigenvalue weighted by molar-refractivity contribution is 5.55. The van der Waals surface area contributed by atoms with E-state index in [4.69, 9.17) is 14.2 Å². The van der Waals surface area contributed by atoms with Gasteiger partial charge >= 0.3 is 0 Å². The van der Waals surface area contributed by atoms with E-state index in [0.717, 1.165) is 6.54 Å². The maximum atomic E-state index is 10.3. The molecule has 21 heavy (non-hydrogen) atoms. The van der Waals surface area contributed by atoms with Crippen molar-refractivity contribution in [2.45, 2.75) is 26.1 Å². The van der Waals surface area contributed by atoms with E-state index in [1.165, 1.54) is 7.11 Å². The van der Waals surface area contributed by atoms with Crippen molar-refractivity contribution in [3.8, 4) is 17.2 Å². The third-order valence-corrected chi connectivity index (χ3v) is 3.29. The van der Waals surface area contributed by atoms with Crippen LogP contribution in [0.5, 0.6) is 17.2 Å². The molecule has 1 heterocycles. The fourth-order valence-corrected chi connectivity index (χ4v) is 2.17. The molecule has 118 valence electrons. The summed E-state index contributed by atoms with van der Waals surface area (Å²) < 4.78 is 15.8. The quantitative estimate of drug-likeness (QED) is 0.698. The molecular weight excluding hydrogens is 274 g/mol. The predicted molar refractivity (Wildman–Crippen MR) is 77.8 cm³/mol. The van der Waals surface area contributed by atoms with Gasteiger partial charge in [0.05, 0.1) is 13.2 Å². The van der Waals surface area contributed by atoms with Gasteiger partial charge in [-0.25, -0.2) is 0 Å². The van der Waals surface area contributed by atoms with E-state index in [1.54, 1.807) is 12.1 Å². The fraction of sp³-hybridized carbons (Fsp3) is 0.600. The molecule has 0 aromatic heterocycles. The molecule has 2 atom stereocenters. The van der Waals surface area contributed by atoms with Crippen molar-refractivity contribution in [1.29, 1.82) is 0 Å². The third kappa shape index (κ3) is 3.78. The molecule has 3 N–H and O–H groups in total. The fourth-order valence-electron chi connectivity index (χ4n) is 2.17. The Morgan fingerprint density at radius 3 is 2.67 bits per heavy atom. The Kier molecular flexibility index (Phi) is 5.27. The average molecular weight is 297 g/mol. The molecular formula is C15H23NO5. The van der Waals surface area contributed by atoms with Crippen LogP contribution in [-0.4, -0.2) is 43.3 Å². The van der Waals surface area contributed by atoms with Gasteiger partial charge in [-0.2, -0.15) is 0 Å². The van der Waals surface area contributed by atoms with Crippen LogP contribution in [0.2, 0.25) is 0 Å². The van der Waals surface area contributed by atoms with Gasteiger partial charge in [0.15, 0.2) is 11.5 Å². The van der Waals surface area contributed by atoms with E-state index in [0.29, 0.717) is 35.3 Å². The standard InChI is InChI=1S/C15H23NO5/c1-9(2)6-16-7-11(17)14(18)10-4-12(19-3)15-13(5-10)20-8-21-15/h4-5,9,11,14,16-18H,6-8H2,1-3H3/t11-,14+/m0/s1. The summed E-state index contributed by atoms with van der Waals surface area (Å²) in [6, 6.07) is 3.32. The Balaban J connectivity index is 2.06. The molecule has 0 fully saturated rings. The van der Waals surface area contributed by atoms with Gasteiger partial charge in [-0.15, -0.1) is 0 Å². The summed E-state index contributed by atoms with van der Waals surface area (Å²) >= 11 is 0. The molecule has 1 aliphatic heterocycles. The van der Waals surface area contributed by atoms with Gasteiger partial charge in [-0.05, 0) is 30.2 Å². The van der Waals surface area contributed by atoms with E-state index in [9.17, 15) is 10.2 Å². The summed E-state index contributed by atoms with van der Waals surface area (Å²) in [5.41, 5.74) is 0.537. The van der Waals surface area contributed by atoms with Crippen LogP contribution in [0.4, 0.5) is 0 Å². The summed E-state index contributed by atoms with van der Waals surface area (Å²) in [5, 5.41) is 23.5. The SMILES string of the molecule is COc1cc([C@@H](O)[C@@H](O)CNCC(C)C)cc2c1OCO2. The van der Waals surface area contributed by atoms with E-state index < -0.39 is 12.2 Å². The number of hydrogen-bond acceptors (Lipinski definition) is 6. The number of hydrogen-bond donors (Lipinski definition) is 3. The summed E-state index contributed by atoms with van der Waals surface area (Å²) in [4.78, 5) is 0. The summed E-state index contributed by atoms with van der Waals surface area (Å²) in [6.07, 6.45) is -1.93. The minimum Gasteiger partial charge on any atom is -0.493 e. The van der Waals surface area contributed by atoms with Crippen LogP contribution in [0.3, 0.4) is 0 Å². The maximum absolute atomic E-state index is 10.3. The lowest BCUT2D eigenvalue weighted by molar-refractivity contribution is 0.0187. The largest absolute Gasteiger partial charge is 0.493 e. The Hall–Kier alpha value is -1.50. The van der Waals surface area contributed by atoms with Gasteiger partial charge in [0.2, 0.25) is 12.5 Å². The zero-order valence-electron chi connectivity index (χ0n) is 12.6. The van der Waals surface area contributed by atoms with Gasteiger partial charge < -0.3 is 29.7 Å². The molecule has 0 spiro atoms. The Bertz CT molecular complexity index is 477. The van der Waals surface area contributed by atoms with E-state index in [-0.39, 0.29) is 6.79 Å². The molecule has 0 amide bonds. The number of rotatable bonds is 7. The van der Waals surface area contributed by atoms with Gasteiger partial charge in [-0.3, -0.25) is 0 Å². The average Bonchev–Trinajstić information content (AvgIpc) is 2.93. The van der Waals surface area contributed by atoms with Crippen LogP contribution in [-0.2, 0) is 0 Å². The first-order valence-electron chi connectivity index (χ1n) is 7.07. The molecule has 1 aromatic carbocycles. The first-order chi connectivity index (χ1) is 10.0. The van der Waals surface area contributed by atoms with Gasteiger partial charge in [-0.1, -0.05) is 13.8 Å². The van der Waals surface area contributed by atoms with E-state index in [2.05, 4.69) is 19.2 Å². The lowest BCUT2D eigenvalue weighted by atomic mass is 10.0. The summed E-state index contributed by atoms with van der Waals surface area (Å²) in [5.74, 6) is 2.02. The second-order valence-electron chi connectivity index (χ2n) is 5.52. The number of aliphatic hydroxyl groups is 2. The van der Waals surface area contributed by atoms with Gasteiger partial charge in [0, 0.05) is 6.54 Å². The zero-order chi connectivity index (χ0) is 15.4. The van der Waals surface area contributed by atoms with Gasteiger partial charge in [0.1, 0.15) is 6.10 Å². The van der Waals surface area contributed by atoms with Crippen molar-refractivity contribution in [1.82, 2.24) is 5.32 Å². The lowest BCUT2D eigenvalue weighted by Gasteiger charge is -2.20. The van der Waals surface area contributed by atoms with Crippen LogP contribution < -0.4 is 19.5 Å². The third-order valence-electron chi connectivity index (χ3n) is 3.29. The van der Waals surface area contributed by atoms with E-state index in [1.807, 2.05) is 0 Å². The highest BCUT2D eigenvalue weighted by Crippen LogP contribution is 2.43. The van der Waals surface area contributed by atoms with E-state index >= 15 is 0 Å². The molecule has 1 aliphatic rings. The van der Waals surface area contributed by atoms with Crippen LogP contribution >= 0.6 is 0 Å². The molecule has 1 aromatic rings. The van der Waals surface area contributed by atoms with Gasteiger partial charge in [0.25, 0.3) is 0 Å². The second-order valence-corrected chi connectivity index (χ2v) is 5.52. The normalized spacial score (nSPS) is 16.1. The first-order valence-corrected chi connectivity index (χ1v) is 7.07. The number of benzene rings is 1. The Labute approximate surface area is 124 Å². The molecule has 2 rings (SSSR count). The topological polar surface area (TPSA) is 80.2 Å². The van der Waals surface area contributed by atoms with Crippen LogP contribution in [0.1, 0.15) is 25.5 Å². The van der Waals surface area contributed by atoms with Crippen molar-refractivity contribution in [3.63, 3.8) is 0 Å². The molecule has 0 radical (unpaired) electrons. The highest BCUT2D eigenvalue weighted by Gasteiger charge is 2.25. The van der Waals surface area contributed by atoms with Crippen molar-refractivity contribution in [3.05, 3.63) is 17.7 Å². The minimum absolute atomic E-state index is 0.129. The van der Waals surface area contributed by atoms with Crippen LogP contribution in [0, 0.1) is 5.92 Å². The van der Waals surface area contributed by atoms with Crippen LogP contribution in [0.15, 0.2) is 12.1 Å². The minimum atomic E-state index is -1.02. The smallest absolute Gasteiger partial charge is 0.231 e. The van der Waals surface area contributed by atoms with Crippen LogP contribution in [0.25, 0.3) is 0 Å². The number of fused-ring (bicyclic) bond motifs is 1. The summed E-state index contributed by atoms with van der Waals surface area (Å²) in [7, 11) is 1.52.